The Kier molecular flexibility index (Phi) is 4.53. The molecule has 0 aliphatic rings. The van der Waals surface area contributed by atoms with Crippen LogP contribution in [-0.4, -0.2) is 10.2 Å². The summed E-state index contributed by atoms with van der Waals surface area (Å²) in [4.78, 5) is 10.8. The van der Waals surface area contributed by atoms with Gasteiger partial charge in [0.25, 0.3) is 0 Å². The number of benzene rings is 1. The van der Waals surface area contributed by atoms with E-state index in [-0.39, 0.29) is 16.3 Å². The fraction of sp³-hybridized carbons (Fsp3) is 0.429. The number of aromatic amines is 1. The summed E-state index contributed by atoms with van der Waals surface area (Å²) in [5, 5.41) is 9.99. The van der Waals surface area contributed by atoms with Gasteiger partial charge in [-0.1, -0.05) is 38.2 Å². The number of halogens is 2. The molecule has 0 fully saturated rings. The van der Waals surface area contributed by atoms with Crippen LogP contribution in [0.25, 0.3) is 0 Å². The van der Waals surface area contributed by atoms with Crippen LogP contribution in [0.4, 0.5) is 8.78 Å². The number of nitrogens with zero attached hydrogens (tertiary/aromatic N) is 1. The SMILES string of the molecule is CC(C)(C)[C@@H](NCc1n[nH]c(=O)s1)c1ccc(F)cc1F. The summed E-state index contributed by atoms with van der Waals surface area (Å²) >= 11 is 1.00. The standard InChI is InChI=1S/C14H17F2N3OS/c1-14(2,3)12(9-5-4-8(15)6-10(9)16)17-7-11-18-19-13(20)21-11/h4-6,12,17H,7H2,1-3H3,(H,19,20)/t12-/m0/s1. The number of H-pyrrole nitrogens is 1. The Balaban J connectivity index is 2.24. The minimum absolute atomic E-state index is 0.230. The predicted octanol–water partition coefficient (Wildman–Crippen LogP) is 2.99. The lowest BCUT2D eigenvalue weighted by atomic mass is 9.82. The molecule has 0 aliphatic heterocycles. The number of hydrogen-bond acceptors (Lipinski definition) is 4. The van der Waals surface area contributed by atoms with E-state index in [4.69, 9.17) is 0 Å². The summed E-state index contributed by atoms with van der Waals surface area (Å²) in [5.74, 6) is -1.19. The van der Waals surface area contributed by atoms with Crippen LogP contribution < -0.4 is 10.2 Å². The monoisotopic (exact) mass is 313 g/mol. The Morgan fingerprint density at radius 1 is 1.38 bits per heavy atom. The maximum absolute atomic E-state index is 14.0. The Morgan fingerprint density at radius 2 is 2.10 bits per heavy atom. The summed E-state index contributed by atoms with van der Waals surface area (Å²) in [7, 11) is 0. The maximum Gasteiger partial charge on any atom is 0.322 e. The molecule has 0 bridgehead atoms. The van der Waals surface area contributed by atoms with Gasteiger partial charge in [-0.3, -0.25) is 4.79 Å². The molecule has 0 aliphatic carbocycles. The maximum atomic E-state index is 14.0. The zero-order chi connectivity index (χ0) is 15.6. The molecule has 4 nitrogen and oxygen atoms in total. The minimum Gasteiger partial charge on any atom is -0.303 e. The average molecular weight is 313 g/mol. The van der Waals surface area contributed by atoms with Crippen LogP contribution in [0.2, 0.25) is 0 Å². The van der Waals surface area contributed by atoms with Crippen molar-refractivity contribution in [3.8, 4) is 0 Å². The van der Waals surface area contributed by atoms with Crippen molar-refractivity contribution in [2.45, 2.75) is 33.4 Å². The molecule has 1 atom stereocenters. The third-order valence-corrected chi connectivity index (χ3v) is 3.83. The minimum atomic E-state index is -0.602. The van der Waals surface area contributed by atoms with Crippen LogP contribution in [0.3, 0.4) is 0 Å². The van der Waals surface area contributed by atoms with Gasteiger partial charge in [0.05, 0.1) is 6.54 Å². The molecule has 7 heteroatoms. The first-order valence-electron chi connectivity index (χ1n) is 6.50. The quantitative estimate of drug-likeness (QED) is 0.912. The van der Waals surface area contributed by atoms with E-state index in [1.54, 1.807) is 0 Å². The number of nitrogens with one attached hydrogen (secondary N) is 2. The highest BCUT2D eigenvalue weighted by molar-refractivity contribution is 7.08. The van der Waals surface area contributed by atoms with Crippen LogP contribution >= 0.6 is 11.3 Å². The van der Waals surface area contributed by atoms with Gasteiger partial charge in [-0.15, -0.1) is 0 Å². The van der Waals surface area contributed by atoms with Crippen molar-refractivity contribution in [2.75, 3.05) is 0 Å². The second-order valence-electron chi connectivity index (χ2n) is 5.85. The molecule has 0 saturated carbocycles. The van der Waals surface area contributed by atoms with E-state index in [2.05, 4.69) is 15.5 Å². The molecule has 1 aromatic heterocycles. The molecule has 21 heavy (non-hydrogen) atoms. The molecule has 114 valence electrons. The summed E-state index contributed by atoms with van der Waals surface area (Å²) in [5.41, 5.74) is 0.103. The first-order valence-corrected chi connectivity index (χ1v) is 7.32. The molecule has 2 aromatic rings. The van der Waals surface area contributed by atoms with Gasteiger partial charge in [0.1, 0.15) is 16.6 Å². The first kappa shape index (κ1) is 15.8. The predicted molar refractivity (Wildman–Crippen MR) is 78.1 cm³/mol. The molecule has 1 heterocycles. The van der Waals surface area contributed by atoms with Crippen molar-refractivity contribution < 1.29 is 8.78 Å². The second kappa shape index (κ2) is 6.03. The Labute approximate surface area is 125 Å². The fourth-order valence-electron chi connectivity index (χ4n) is 2.14. The second-order valence-corrected chi connectivity index (χ2v) is 6.90. The van der Waals surface area contributed by atoms with Crippen molar-refractivity contribution in [1.82, 2.24) is 15.5 Å². The van der Waals surface area contributed by atoms with Gasteiger partial charge in [0, 0.05) is 17.7 Å². The molecule has 0 radical (unpaired) electrons. The van der Waals surface area contributed by atoms with Crippen LogP contribution in [-0.2, 0) is 6.54 Å². The highest BCUT2D eigenvalue weighted by atomic mass is 32.1. The average Bonchev–Trinajstić information content (AvgIpc) is 2.76. The van der Waals surface area contributed by atoms with Crippen LogP contribution in [0.5, 0.6) is 0 Å². The molecule has 2 N–H and O–H groups in total. The normalized spacial score (nSPS) is 13.4. The van der Waals surface area contributed by atoms with E-state index in [0.717, 1.165) is 17.4 Å². The summed E-state index contributed by atoms with van der Waals surface area (Å²) < 4.78 is 27.1. The molecular weight excluding hydrogens is 296 g/mol. The topological polar surface area (TPSA) is 57.8 Å². The highest BCUT2D eigenvalue weighted by Gasteiger charge is 2.28. The Hall–Kier alpha value is -1.60. The van der Waals surface area contributed by atoms with Gasteiger partial charge in [-0.05, 0) is 11.5 Å². The molecule has 2 rings (SSSR count). The molecule has 0 unspecified atom stereocenters. The zero-order valence-corrected chi connectivity index (χ0v) is 12.9. The zero-order valence-electron chi connectivity index (χ0n) is 12.0. The Morgan fingerprint density at radius 3 is 2.62 bits per heavy atom. The number of aromatic nitrogens is 2. The van der Waals surface area contributed by atoms with E-state index in [1.807, 2.05) is 20.8 Å². The van der Waals surface area contributed by atoms with Gasteiger partial charge in [0.15, 0.2) is 0 Å². The van der Waals surface area contributed by atoms with Crippen LogP contribution in [0, 0.1) is 17.0 Å². The van der Waals surface area contributed by atoms with E-state index in [0.29, 0.717) is 17.1 Å². The third kappa shape index (κ3) is 3.95. The molecular formula is C14H17F2N3OS. The third-order valence-electron chi connectivity index (χ3n) is 3.08. The largest absolute Gasteiger partial charge is 0.322 e. The molecule has 0 spiro atoms. The fourth-order valence-corrected chi connectivity index (χ4v) is 2.70. The first-order chi connectivity index (χ1) is 9.77. The van der Waals surface area contributed by atoms with Gasteiger partial charge in [-0.2, -0.15) is 5.10 Å². The van der Waals surface area contributed by atoms with Crippen molar-refractivity contribution in [3.05, 3.63) is 50.1 Å². The van der Waals surface area contributed by atoms with E-state index < -0.39 is 11.6 Å². The van der Waals surface area contributed by atoms with Gasteiger partial charge < -0.3 is 5.32 Å². The molecule has 1 aromatic carbocycles. The lowest BCUT2D eigenvalue weighted by molar-refractivity contribution is 0.264. The Bertz CT molecular complexity index is 675. The van der Waals surface area contributed by atoms with E-state index >= 15 is 0 Å². The smallest absolute Gasteiger partial charge is 0.303 e. The number of rotatable bonds is 4. The van der Waals surface area contributed by atoms with Crippen LogP contribution in [0.1, 0.15) is 37.4 Å². The summed E-state index contributed by atoms with van der Waals surface area (Å²) in [6, 6.07) is 3.23. The number of hydrogen-bond donors (Lipinski definition) is 2. The van der Waals surface area contributed by atoms with Crippen molar-refractivity contribution in [3.63, 3.8) is 0 Å². The molecule has 0 saturated heterocycles. The summed E-state index contributed by atoms with van der Waals surface area (Å²) in [6.07, 6.45) is 0. The van der Waals surface area contributed by atoms with Crippen molar-refractivity contribution >= 4 is 11.3 Å². The van der Waals surface area contributed by atoms with Gasteiger partial charge in [0.2, 0.25) is 0 Å². The van der Waals surface area contributed by atoms with E-state index in [9.17, 15) is 13.6 Å². The highest BCUT2D eigenvalue weighted by Crippen LogP contribution is 2.34. The van der Waals surface area contributed by atoms with Crippen LogP contribution in [0.15, 0.2) is 23.0 Å². The molecule has 0 amide bonds. The van der Waals surface area contributed by atoms with E-state index in [1.165, 1.54) is 12.1 Å². The van der Waals surface area contributed by atoms with Crippen molar-refractivity contribution in [1.29, 1.82) is 0 Å². The van der Waals surface area contributed by atoms with Gasteiger partial charge >= 0.3 is 4.87 Å². The lowest BCUT2D eigenvalue weighted by Crippen LogP contribution is -2.32. The van der Waals surface area contributed by atoms with Crippen molar-refractivity contribution in [2.24, 2.45) is 5.41 Å². The summed E-state index contributed by atoms with van der Waals surface area (Å²) in [6.45, 7) is 6.21. The van der Waals surface area contributed by atoms with Gasteiger partial charge in [-0.25, -0.2) is 13.9 Å². The lowest BCUT2D eigenvalue weighted by Gasteiger charge is -2.32.